The van der Waals surface area contributed by atoms with Crippen LogP contribution in [0.5, 0.6) is 0 Å². The number of anilines is 1. The van der Waals surface area contributed by atoms with Crippen LogP contribution in [-0.2, 0) is 13.6 Å². The van der Waals surface area contributed by atoms with Gasteiger partial charge in [0.2, 0.25) is 0 Å². The highest BCUT2D eigenvalue weighted by Crippen LogP contribution is 2.25. The zero-order valence-corrected chi connectivity index (χ0v) is 11.9. The largest absolute Gasteiger partial charge is 0.377 e. The van der Waals surface area contributed by atoms with E-state index in [1.54, 1.807) is 11.3 Å². The Kier molecular flexibility index (Phi) is 3.35. The summed E-state index contributed by atoms with van der Waals surface area (Å²) in [5, 5.41) is 9.91. The third-order valence-electron chi connectivity index (χ3n) is 2.63. The number of halogens is 1. The van der Waals surface area contributed by atoms with Gasteiger partial charge in [-0.2, -0.15) is 5.10 Å². The fraction of sp³-hybridized carbons (Fsp3) is 0.364. The molecule has 5 heteroatoms. The molecule has 0 radical (unpaired) electrons. The predicted octanol–water partition coefficient (Wildman–Crippen LogP) is 3.47. The number of nitrogens with zero attached hydrogens (tertiary/aromatic N) is 2. The van der Waals surface area contributed by atoms with E-state index in [-0.39, 0.29) is 0 Å². The van der Waals surface area contributed by atoms with Crippen LogP contribution in [0.3, 0.4) is 0 Å². The lowest BCUT2D eigenvalue weighted by molar-refractivity contribution is 0.731. The van der Waals surface area contributed by atoms with Crippen molar-refractivity contribution in [2.24, 2.45) is 7.05 Å². The molecule has 2 rings (SSSR count). The van der Waals surface area contributed by atoms with Gasteiger partial charge in [-0.1, -0.05) is 0 Å². The van der Waals surface area contributed by atoms with Crippen molar-refractivity contribution in [3.8, 4) is 0 Å². The number of hydrogen-bond acceptors (Lipinski definition) is 3. The quantitative estimate of drug-likeness (QED) is 0.940. The summed E-state index contributed by atoms with van der Waals surface area (Å²) >= 11 is 5.28. The Balaban J connectivity index is 2.13. The van der Waals surface area contributed by atoms with E-state index in [1.165, 1.54) is 15.0 Å². The molecule has 0 aliphatic heterocycles. The van der Waals surface area contributed by atoms with E-state index in [0.717, 1.165) is 17.9 Å². The van der Waals surface area contributed by atoms with Gasteiger partial charge in [0.05, 0.1) is 23.6 Å². The number of nitrogens with one attached hydrogen (secondary N) is 1. The van der Waals surface area contributed by atoms with Crippen molar-refractivity contribution in [3.05, 3.63) is 32.2 Å². The van der Waals surface area contributed by atoms with Gasteiger partial charge in [0.25, 0.3) is 0 Å². The highest BCUT2D eigenvalue weighted by molar-refractivity contribution is 9.10. The standard InChI is InChI=1S/C11H14BrN3S/c1-7-11(8(2)15(3)14-7)13-6-10-9(12)4-5-16-10/h4-5,13H,6H2,1-3H3. The molecule has 2 aromatic heterocycles. The molecule has 0 aliphatic rings. The molecule has 0 atom stereocenters. The molecule has 86 valence electrons. The molecule has 0 saturated carbocycles. The first kappa shape index (κ1) is 11.7. The summed E-state index contributed by atoms with van der Waals surface area (Å²) in [6.07, 6.45) is 0. The Labute approximate surface area is 108 Å². The number of hydrogen-bond donors (Lipinski definition) is 1. The molecule has 0 aliphatic carbocycles. The van der Waals surface area contributed by atoms with Gasteiger partial charge in [0.1, 0.15) is 0 Å². The monoisotopic (exact) mass is 299 g/mol. The zero-order chi connectivity index (χ0) is 11.7. The van der Waals surface area contributed by atoms with E-state index in [0.29, 0.717) is 0 Å². The Morgan fingerprint density at radius 3 is 2.75 bits per heavy atom. The van der Waals surface area contributed by atoms with Crippen LogP contribution in [-0.4, -0.2) is 9.78 Å². The van der Waals surface area contributed by atoms with Crippen LogP contribution in [0, 0.1) is 13.8 Å². The zero-order valence-electron chi connectivity index (χ0n) is 9.54. The van der Waals surface area contributed by atoms with Gasteiger partial charge in [-0.15, -0.1) is 11.3 Å². The SMILES string of the molecule is Cc1nn(C)c(C)c1NCc1sccc1Br. The Hall–Kier alpha value is -0.810. The normalized spacial score (nSPS) is 10.8. The summed E-state index contributed by atoms with van der Waals surface area (Å²) in [5.41, 5.74) is 3.36. The second-order valence-electron chi connectivity index (χ2n) is 3.71. The summed E-state index contributed by atoms with van der Waals surface area (Å²) in [6.45, 7) is 4.94. The maximum atomic E-state index is 4.38. The molecule has 0 amide bonds. The first-order valence-corrected chi connectivity index (χ1v) is 6.73. The smallest absolute Gasteiger partial charge is 0.0827 e. The highest BCUT2D eigenvalue weighted by atomic mass is 79.9. The fourth-order valence-electron chi connectivity index (χ4n) is 1.65. The highest BCUT2D eigenvalue weighted by Gasteiger charge is 2.09. The summed E-state index contributed by atoms with van der Waals surface area (Å²) in [5.74, 6) is 0. The van der Waals surface area contributed by atoms with Gasteiger partial charge in [0, 0.05) is 16.4 Å². The summed E-state index contributed by atoms with van der Waals surface area (Å²) in [4.78, 5) is 1.31. The minimum absolute atomic E-state index is 0.839. The molecule has 0 fully saturated rings. The lowest BCUT2D eigenvalue weighted by Gasteiger charge is -2.05. The molecule has 1 N–H and O–H groups in total. The van der Waals surface area contributed by atoms with Crippen molar-refractivity contribution >= 4 is 33.0 Å². The van der Waals surface area contributed by atoms with Crippen molar-refractivity contribution in [1.29, 1.82) is 0 Å². The number of aromatic nitrogens is 2. The molecule has 0 aromatic carbocycles. The maximum Gasteiger partial charge on any atom is 0.0827 e. The van der Waals surface area contributed by atoms with Crippen molar-refractivity contribution in [2.45, 2.75) is 20.4 Å². The molecule has 0 bridgehead atoms. The molecular weight excluding hydrogens is 286 g/mol. The van der Waals surface area contributed by atoms with Gasteiger partial charge in [-0.05, 0) is 41.2 Å². The van der Waals surface area contributed by atoms with Crippen LogP contribution in [0.25, 0.3) is 0 Å². The van der Waals surface area contributed by atoms with Gasteiger partial charge in [-0.3, -0.25) is 4.68 Å². The first-order valence-electron chi connectivity index (χ1n) is 5.05. The average molecular weight is 300 g/mol. The summed E-state index contributed by atoms with van der Waals surface area (Å²) < 4.78 is 3.07. The Morgan fingerprint density at radius 1 is 1.50 bits per heavy atom. The van der Waals surface area contributed by atoms with Crippen molar-refractivity contribution in [2.75, 3.05) is 5.32 Å². The lowest BCUT2D eigenvalue weighted by Crippen LogP contribution is -2.00. The second kappa shape index (κ2) is 4.59. The van der Waals surface area contributed by atoms with E-state index >= 15 is 0 Å². The molecule has 0 unspecified atom stereocenters. The third kappa shape index (κ3) is 2.15. The second-order valence-corrected chi connectivity index (χ2v) is 5.57. The molecule has 0 spiro atoms. The number of rotatable bonds is 3. The molecule has 0 saturated heterocycles. The first-order chi connectivity index (χ1) is 7.59. The van der Waals surface area contributed by atoms with Crippen LogP contribution >= 0.6 is 27.3 Å². The minimum atomic E-state index is 0.839. The molecule has 16 heavy (non-hydrogen) atoms. The van der Waals surface area contributed by atoms with E-state index < -0.39 is 0 Å². The van der Waals surface area contributed by atoms with Crippen molar-refractivity contribution in [1.82, 2.24) is 9.78 Å². The van der Waals surface area contributed by atoms with E-state index in [9.17, 15) is 0 Å². The van der Waals surface area contributed by atoms with Crippen molar-refractivity contribution < 1.29 is 0 Å². The summed E-state index contributed by atoms with van der Waals surface area (Å²) in [7, 11) is 1.97. The fourth-order valence-corrected chi connectivity index (χ4v) is 3.08. The van der Waals surface area contributed by atoms with Gasteiger partial charge in [-0.25, -0.2) is 0 Å². The Morgan fingerprint density at radius 2 is 2.25 bits per heavy atom. The van der Waals surface area contributed by atoms with Crippen LogP contribution in [0.4, 0.5) is 5.69 Å². The predicted molar refractivity (Wildman–Crippen MR) is 72.0 cm³/mol. The number of aryl methyl sites for hydroxylation is 2. The van der Waals surface area contributed by atoms with Crippen LogP contribution in [0.1, 0.15) is 16.3 Å². The molecule has 2 aromatic rings. The van der Waals surface area contributed by atoms with E-state index in [1.807, 2.05) is 18.7 Å². The topological polar surface area (TPSA) is 29.9 Å². The molecule has 3 nitrogen and oxygen atoms in total. The molecular formula is C11H14BrN3S. The minimum Gasteiger partial charge on any atom is -0.377 e. The van der Waals surface area contributed by atoms with Crippen LogP contribution < -0.4 is 5.32 Å². The van der Waals surface area contributed by atoms with Gasteiger partial charge < -0.3 is 5.32 Å². The van der Waals surface area contributed by atoms with E-state index in [4.69, 9.17) is 0 Å². The summed E-state index contributed by atoms with van der Waals surface area (Å²) in [6, 6.07) is 2.07. The third-order valence-corrected chi connectivity index (χ3v) is 4.55. The van der Waals surface area contributed by atoms with Gasteiger partial charge in [0.15, 0.2) is 0 Å². The maximum absolute atomic E-state index is 4.38. The van der Waals surface area contributed by atoms with Crippen molar-refractivity contribution in [3.63, 3.8) is 0 Å². The number of thiophene rings is 1. The van der Waals surface area contributed by atoms with E-state index in [2.05, 4.69) is 44.7 Å². The van der Waals surface area contributed by atoms with Gasteiger partial charge >= 0.3 is 0 Å². The Bertz CT molecular complexity index is 501. The van der Waals surface area contributed by atoms with Crippen LogP contribution in [0.15, 0.2) is 15.9 Å². The van der Waals surface area contributed by atoms with Crippen LogP contribution in [0.2, 0.25) is 0 Å². The molecule has 2 heterocycles. The average Bonchev–Trinajstić information content (AvgIpc) is 2.72. The lowest BCUT2D eigenvalue weighted by atomic mass is 10.3.